The Bertz CT molecular complexity index is 1230. The van der Waals surface area contributed by atoms with Crippen LogP contribution in [0.25, 0.3) is 0 Å². The average molecular weight is 477 g/mol. The number of fused-ring (bicyclic) bond motifs is 1. The van der Waals surface area contributed by atoms with Gasteiger partial charge in [0.15, 0.2) is 0 Å². The van der Waals surface area contributed by atoms with E-state index in [1.807, 2.05) is 12.1 Å². The summed E-state index contributed by atoms with van der Waals surface area (Å²) in [6.45, 7) is 2.43. The molecule has 0 fully saturated rings. The summed E-state index contributed by atoms with van der Waals surface area (Å²) in [6, 6.07) is 11.6. The van der Waals surface area contributed by atoms with Crippen LogP contribution in [-0.2, 0) is 22.9 Å². The predicted octanol–water partition coefficient (Wildman–Crippen LogP) is 4.54. The number of carbonyl (C=O) groups excluding carboxylic acids is 1. The van der Waals surface area contributed by atoms with Crippen LogP contribution in [0.2, 0.25) is 5.02 Å². The molecule has 0 bridgehead atoms. The van der Waals surface area contributed by atoms with E-state index in [0.29, 0.717) is 23.8 Å². The van der Waals surface area contributed by atoms with Gasteiger partial charge in [0.2, 0.25) is 5.13 Å². The lowest BCUT2D eigenvalue weighted by atomic mass is 10.2. The Morgan fingerprint density at radius 3 is 2.84 bits per heavy atom. The van der Waals surface area contributed by atoms with Gasteiger partial charge in [-0.25, -0.2) is 8.42 Å². The summed E-state index contributed by atoms with van der Waals surface area (Å²) in [5.41, 5.74) is 1.79. The molecule has 2 aromatic carbocycles. The van der Waals surface area contributed by atoms with Crippen molar-refractivity contribution in [1.82, 2.24) is 10.2 Å². The van der Waals surface area contributed by atoms with Gasteiger partial charge in [-0.05, 0) is 42.7 Å². The number of hydrogen-bond donors (Lipinski definition) is 1. The van der Waals surface area contributed by atoms with E-state index < -0.39 is 15.9 Å². The Hall–Kier alpha value is -2.49. The Kier molecular flexibility index (Phi) is 6.27. The fourth-order valence-corrected chi connectivity index (χ4v) is 6.20. The minimum absolute atomic E-state index is 0.0682. The number of sulfonamides is 1. The monoisotopic (exact) mass is 476 g/mol. The lowest BCUT2D eigenvalue weighted by Crippen LogP contribution is -2.29. The Labute approximate surface area is 190 Å². The summed E-state index contributed by atoms with van der Waals surface area (Å²) in [7, 11) is -3.92. The lowest BCUT2D eigenvalue weighted by Gasteiger charge is -2.20. The number of nitrogens with one attached hydrogen (secondary N) is 1. The highest BCUT2D eigenvalue weighted by atomic mass is 35.5. The number of carbonyl (C=O) groups is 1. The van der Waals surface area contributed by atoms with Gasteiger partial charge in [0.05, 0.1) is 10.7 Å². The predicted molar refractivity (Wildman–Crippen MR) is 123 cm³/mol. The Morgan fingerprint density at radius 2 is 2.03 bits per heavy atom. The Morgan fingerprint density at radius 1 is 1.23 bits per heavy atom. The zero-order valence-corrected chi connectivity index (χ0v) is 19.2. The number of aryl methyl sites for hydroxylation is 1. The highest BCUT2D eigenvalue weighted by molar-refractivity contribution is 7.93. The molecule has 0 radical (unpaired) electrons. The molecule has 31 heavy (non-hydrogen) atoms. The van der Waals surface area contributed by atoms with Gasteiger partial charge in [0, 0.05) is 18.5 Å². The summed E-state index contributed by atoms with van der Waals surface area (Å²) < 4.78 is 28.0. The van der Waals surface area contributed by atoms with Crippen LogP contribution < -0.4 is 9.62 Å². The van der Waals surface area contributed by atoms with E-state index in [1.54, 1.807) is 12.1 Å². The smallest absolute Gasteiger partial charge is 0.265 e. The molecular weight excluding hydrogens is 456 g/mol. The number of unbranched alkanes of at least 4 members (excludes halogenated alkanes) is 1. The first kappa shape index (κ1) is 21.7. The second-order valence-electron chi connectivity index (χ2n) is 7.16. The molecule has 0 atom stereocenters. The van der Waals surface area contributed by atoms with Crippen LogP contribution in [-0.4, -0.2) is 31.1 Å². The third kappa shape index (κ3) is 4.44. The second-order valence-corrected chi connectivity index (χ2v) is 10.5. The number of halogens is 1. The molecule has 3 aromatic rings. The van der Waals surface area contributed by atoms with Gasteiger partial charge in [0.1, 0.15) is 9.90 Å². The molecule has 0 saturated carbocycles. The van der Waals surface area contributed by atoms with Crippen LogP contribution in [0.1, 0.15) is 40.7 Å². The largest absolute Gasteiger partial charge is 0.296 e. The first-order valence-corrected chi connectivity index (χ1v) is 12.6. The molecule has 162 valence electrons. The van der Waals surface area contributed by atoms with Crippen molar-refractivity contribution in [2.45, 2.75) is 37.5 Å². The molecule has 1 aliphatic rings. The van der Waals surface area contributed by atoms with Crippen molar-refractivity contribution in [1.29, 1.82) is 0 Å². The number of anilines is 2. The van der Waals surface area contributed by atoms with Crippen molar-refractivity contribution in [3.05, 3.63) is 63.6 Å². The molecule has 0 unspecified atom stereocenters. The normalized spacial score (nSPS) is 13.3. The van der Waals surface area contributed by atoms with E-state index in [9.17, 15) is 13.2 Å². The highest BCUT2D eigenvalue weighted by Gasteiger charge is 2.32. The summed E-state index contributed by atoms with van der Waals surface area (Å²) in [5.74, 6) is -0.465. The number of nitrogens with zero attached hydrogens (tertiary/aromatic N) is 3. The van der Waals surface area contributed by atoms with Crippen molar-refractivity contribution >= 4 is 49.7 Å². The molecule has 0 saturated heterocycles. The van der Waals surface area contributed by atoms with Gasteiger partial charge in [-0.2, -0.15) is 0 Å². The number of hydrogen-bond acceptors (Lipinski definition) is 6. The lowest BCUT2D eigenvalue weighted by molar-refractivity contribution is 0.102. The summed E-state index contributed by atoms with van der Waals surface area (Å²) in [4.78, 5) is 12.6. The topological polar surface area (TPSA) is 92.3 Å². The number of amides is 1. The first-order chi connectivity index (χ1) is 14.9. The molecule has 1 aromatic heterocycles. The number of aromatic nitrogens is 2. The first-order valence-electron chi connectivity index (χ1n) is 9.94. The van der Waals surface area contributed by atoms with Gasteiger partial charge < -0.3 is 0 Å². The third-order valence-corrected chi connectivity index (χ3v) is 8.23. The molecular formula is C21H21ClN4O3S2. The van der Waals surface area contributed by atoms with Crippen LogP contribution >= 0.6 is 22.9 Å². The van der Waals surface area contributed by atoms with Crippen LogP contribution in [0.4, 0.5) is 10.8 Å². The summed E-state index contributed by atoms with van der Waals surface area (Å²) >= 11 is 7.56. The summed E-state index contributed by atoms with van der Waals surface area (Å²) in [6.07, 6.45) is 3.49. The highest BCUT2D eigenvalue weighted by Crippen LogP contribution is 2.35. The molecule has 4 rings (SSSR count). The number of rotatable bonds is 7. The van der Waals surface area contributed by atoms with E-state index in [2.05, 4.69) is 22.4 Å². The van der Waals surface area contributed by atoms with E-state index in [4.69, 9.17) is 11.6 Å². The van der Waals surface area contributed by atoms with Crippen molar-refractivity contribution in [2.24, 2.45) is 0 Å². The van der Waals surface area contributed by atoms with Gasteiger partial charge in [-0.15, -0.1) is 10.2 Å². The van der Waals surface area contributed by atoms with Gasteiger partial charge in [-0.3, -0.25) is 14.4 Å². The quantitative estimate of drug-likeness (QED) is 0.540. The Balaban J connectivity index is 1.58. The van der Waals surface area contributed by atoms with Crippen molar-refractivity contribution in [3.63, 3.8) is 0 Å². The molecule has 7 nitrogen and oxygen atoms in total. The molecule has 10 heteroatoms. The third-order valence-electron chi connectivity index (χ3n) is 5.04. The van der Waals surface area contributed by atoms with Gasteiger partial charge in [-0.1, -0.05) is 54.5 Å². The maximum absolute atomic E-state index is 13.3. The molecule has 1 N–H and O–H groups in total. The van der Waals surface area contributed by atoms with Crippen molar-refractivity contribution < 1.29 is 13.2 Å². The minimum Gasteiger partial charge on any atom is -0.296 e. The standard InChI is InChI=1S/C21H21ClN4O3S2/c1-2-3-8-19-24-25-21(30-19)23-20(27)15-9-10-16(22)18(13-15)31(28,29)26-12-11-14-6-4-5-7-17(14)26/h4-7,9-10,13H,2-3,8,11-12H2,1H3,(H,23,25,27). The zero-order chi connectivity index (χ0) is 22.0. The van der Waals surface area contributed by atoms with E-state index >= 15 is 0 Å². The van der Waals surface area contributed by atoms with Gasteiger partial charge >= 0.3 is 0 Å². The average Bonchev–Trinajstić information content (AvgIpc) is 3.39. The van der Waals surface area contributed by atoms with Crippen molar-refractivity contribution in [2.75, 3.05) is 16.2 Å². The van der Waals surface area contributed by atoms with Crippen molar-refractivity contribution in [3.8, 4) is 0 Å². The SMILES string of the molecule is CCCCc1nnc(NC(=O)c2ccc(Cl)c(S(=O)(=O)N3CCc4ccccc43)c2)s1. The second kappa shape index (κ2) is 8.94. The number of benzene rings is 2. The maximum Gasteiger partial charge on any atom is 0.265 e. The fraction of sp³-hybridized carbons (Fsp3) is 0.286. The van der Waals surface area contributed by atoms with E-state index in [-0.39, 0.29) is 15.5 Å². The number of para-hydroxylation sites is 1. The minimum atomic E-state index is -3.92. The van der Waals surface area contributed by atoms with E-state index in [1.165, 1.54) is 33.8 Å². The zero-order valence-electron chi connectivity index (χ0n) is 16.8. The van der Waals surface area contributed by atoms with Crippen LogP contribution in [0, 0.1) is 0 Å². The maximum atomic E-state index is 13.3. The fourth-order valence-electron chi connectivity index (χ4n) is 3.42. The van der Waals surface area contributed by atoms with Crippen LogP contribution in [0.3, 0.4) is 0 Å². The molecule has 0 aliphatic carbocycles. The molecule has 2 heterocycles. The molecule has 1 aliphatic heterocycles. The van der Waals surface area contributed by atoms with Gasteiger partial charge in [0.25, 0.3) is 15.9 Å². The van der Waals surface area contributed by atoms with E-state index in [0.717, 1.165) is 29.8 Å². The molecule has 0 spiro atoms. The molecule has 1 amide bonds. The summed E-state index contributed by atoms with van der Waals surface area (Å²) in [5, 5.41) is 12.1. The van der Waals surface area contributed by atoms with Crippen LogP contribution in [0.5, 0.6) is 0 Å². The van der Waals surface area contributed by atoms with Crippen LogP contribution in [0.15, 0.2) is 47.4 Å².